The molecular weight excluding hydrogens is 300 g/mol. The van der Waals surface area contributed by atoms with Crippen LogP contribution in [0.5, 0.6) is 0 Å². The first-order valence-corrected chi connectivity index (χ1v) is 8.69. The van der Waals surface area contributed by atoms with Gasteiger partial charge in [-0.05, 0) is 48.7 Å². The molecule has 1 aromatic heterocycles. The van der Waals surface area contributed by atoms with Gasteiger partial charge in [0.2, 0.25) is 0 Å². The summed E-state index contributed by atoms with van der Waals surface area (Å²) in [6, 6.07) is 13.1. The second kappa shape index (κ2) is 7.30. The summed E-state index contributed by atoms with van der Waals surface area (Å²) in [4.78, 5) is 8.08. The molecule has 1 aliphatic rings. The summed E-state index contributed by atoms with van der Waals surface area (Å²) in [5, 5.41) is 0.801. The third kappa shape index (κ3) is 4.73. The molecule has 1 aromatic carbocycles. The van der Waals surface area contributed by atoms with Gasteiger partial charge in [0, 0.05) is 47.2 Å². The van der Waals surface area contributed by atoms with Gasteiger partial charge >= 0.3 is 0 Å². The SMILES string of the molecule is Clc1ccc(SCCN(Cc2cccnc2)C2CC2)cc1. The minimum absolute atomic E-state index is 0.774. The van der Waals surface area contributed by atoms with Crippen LogP contribution in [0.2, 0.25) is 5.02 Å². The molecule has 0 atom stereocenters. The minimum Gasteiger partial charge on any atom is -0.295 e. The Kier molecular flexibility index (Phi) is 5.17. The summed E-state index contributed by atoms with van der Waals surface area (Å²) in [6.45, 7) is 2.13. The first kappa shape index (κ1) is 14.9. The number of thioether (sulfide) groups is 1. The van der Waals surface area contributed by atoms with E-state index >= 15 is 0 Å². The van der Waals surface area contributed by atoms with E-state index in [1.807, 2.05) is 42.4 Å². The summed E-state index contributed by atoms with van der Waals surface area (Å²) < 4.78 is 0. The van der Waals surface area contributed by atoms with E-state index in [2.05, 4.69) is 28.1 Å². The van der Waals surface area contributed by atoms with Crippen molar-refractivity contribution >= 4 is 23.4 Å². The third-order valence-corrected chi connectivity index (χ3v) is 4.88. The molecule has 21 heavy (non-hydrogen) atoms. The lowest BCUT2D eigenvalue weighted by atomic mass is 10.2. The Morgan fingerprint density at radius 3 is 2.67 bits per heavy atom. The highest BCUT2D eigenvalue weighted by Gasteiger charge is 2.28. The van der Waals surface area contributed by atoms with E-state index in [9.17, 15) is 0 Å². The molecule has 0 spiro atoms. The largest absolute Gasteiger partial charge is 0.295 e. The Morgan fingerprint density at radius 1 is 1.19 bits per heavy atom. The van der Waals surface area contributed by atoms with Crippen molar-refractivity contribution < 1.29 is 0 Å². The zero-order chi connectivity index (χ0) is 14.5. The van der Waals surface area contributed by atoms with Gasteiger partial charge in [-0.1, -0.05) is 17.7 Å². The smallest absolute Gasteiger partial charge is 0.0406 e. The van der Waals surface area contributed by atoms with Crippen LogP contribution < -0.4 is 0 Å². The quantitative estimate of drug-likeness (QED) is 0.700. The van der Waals surface area contributed by atoms with Crippen LogP contribution in [0.1, 0.15) is 18.4 Å². The highest BCUT2D eigenvalue weighted by molar-refractivity contribution is 7.99. The van der Waals surface area contributed by atoms with E-state index in [-0.39, 0.29) is 0 Å². The molecule has 0 N–H and O–H groups in total. The number of aromatic nitrogens is 1. The van der Waals surface area contributed by atoms with Crippen molar-refractivity contribution in [3.63, 3.8) is 0 Å². The Balaban J connectivity index is 1.50. The molecule has 0 unspecified atom stereocenters. The fourth-order valence-corrected chi connectivity index (χ4v) is 3.38. The molecule has 1 fully saturated rings. The molecule has 4 heteroatoms. The highest BCUT2D eigenvalue weighted by Crippen LogP contribution is 2.29. The van der Waals surface area contributed by atoms with Gasteiger partial charge in [0.15, 0.2) is 0 Å². The van der Waals surface area contributed by atoms with Gasteiger partial charge in [-0.25, -0.2) is 0 Å². The van der Waals surface area contributed by atoms with Crippen molar-refractivity contribution in [3.8, 4) is 0 Å². The number of hydrogen-bond donors (Lipinski definition) is 0. The van der Waals surface area contributed by atoms with Crippen molar-refractivity contribution in [2.75, 3.05) is 12.3 Å². The molecule has 2 aromatic rings. The molecule has 0 radical (unpaired) electrons. The van der Waals surface area contributed by atoms with Crippen LogP contribution >= 0.6 is 23.4 Å². The molecule has 3 rings (SSSR count). The third-order valence-electron chi connectivity index (χ3n) is 3.63. The molecule has 1 heterocycles. The van der Waals surface area contributed by atoms with Crippen LogP contribution in [0.3, 0.4) is 0 Å². The molecule has 1 aliphatic carbocycles. The minimum atomic E-state index is 0.774. The Hall–Kier alpha value is -1.03. The fourth-order valence-electron chi connectivity index (χ4n) is 2.37. The van der Waals surface area contributed by atoms with Gasteiger partial charge < -0.3 is 0 Å². The number of nitrogens with zero attached hydrogens (tertiary/aromatic N) is 2. The van der Waals surface area contributed by atoms with E-state index in [0.29, 0.717) is 0 Å². The highest BCUT2D eigenvalue weighted by atomic mass is 35.5. The predicted octanol–water partition coefficient (Wildman–Crippen LogP) is 4.49. The maximum Gasteiger partial charge on any atom is 0.0406 e. The average Bonchev–Trinajstić information content (AvgIpc) is 3.34. The molecule has 110 valence electrons. The summed E-state index contributed by atoms with van der Waals surface area (Å²) in [6.07, 6.45) is 6.49. The summed E-state index contributed by atoms with van der Waals surface area (Å²) >= 11 is 7.81. The normalized spacial score (nSPS) is 14.6. The van der Waals surface area contributed by atoms with E-state index in [0.717, 1.165) is 29.9 Å². The summed E-state index contributed by atoms with van der Waals surface area (Å²) in [7, 11) is 0. The standard InChI is InChI=1S/C17H19ClN2S/c18-15-3-7-17(8-4-15)21-11-10-20(16-5-6-16)13-14-2-1-9-19-12-14/h1-4,7-9,12,16H,5-6,10-11,13H2. The van der Waals surface area contributed by atoms with Crippen LogP contribution in [0.25, 0.3) is 0 Å². The van der Waals surface area contributed by atoms with Gasteiger partial charge in [-0.2, -0.15) is 0 Å². The Bertz CT molecular complexity index is 555. The Labute approximate surface area is 135 Å². The van der Waals surface area contributed by atoms with Gasteiger partial charge in [0.25, 0.3) is 0 Å². The molecule has 1 saturated carbocycles. The average molecular weight is 319 g/mol. The van der Waals surface area contributed by atoms with Crippen molar-refractivity contribution in [2.45, 2.75) is 30.3 Å². The first-order valence-electron chi connectivity index (χ1n) is 7.32. The molecule has 0 bridgehead atoms. The topological polar surface area (TPSA) is 16.1 Å². The first-order chi connectivity index (χ1) is 10.3. The second-order valence-electron chi connectivity index (χ2n) is 5.37. The summed E-state index contributed by atoms with van der Waals surface area (Å²) in [5.41, 5.74) is 1.31. The predicted molar refractivity (Wildman–Crippen MR) is 89.8 cm³/mol. The van der Waals surface area contributed by atoms with Gasteiger partial charge in [-0.3, -0.25) is 9.88 Å². The monoisotopic (exact) mass is 318 g/mol. The maximum atomic E-state index is 5.91. The number of rotatable bonds is 7. The van der Waals surface area contributed by atoms with Crippen molar-refractivity contribution in [2.24, 2.45) is 0 Å². The van der Waals surface area contributed by atoms with E-state index in [1.54, 1.807) is 0 Å². The number of halogens is 1. The zero-order valence-electron chi connectivity index (χ0n) is 11.9. The van der Waals surface area contributed by atoms with Gasteiger partial charge in [-0.15, -0.1) is 11.8 Å². The van der Waals surface area contributed by atoms with Crippen molar-refractivity contribution in [3.05, 3.63) is 59.4 Å². The number of hydrogen-bond acceptors (Lipinski definition) is 3. The van der Waals surface area contributed by atoms with E-state index in [4.69, 9.17) is 11.6 Å². The lowest BCUT2D eigenvalue weighted by Gasteiger charge is -2.21. The molecule has 0 saturated heterocycles. The van der Waals surface area contributed by atoms with Gasteiger partial charge in [0.05, 0.1) is 0 Å². The maximum absolute atomic E-state index is 5.91. The molecule has 0 aliphatic heterocycles. The zero-order valence-corrected chi connectivity index (χ0v) is 13.5. The lowest BCUT2D eigenvalue weighted by molar-refractivity contribution is 0.271. The lowest BCUT2D eigenvalue weighted by Crippen LogP contribution is -2.28. The van der Waals surface area contributed by atoms with E-state index < -0.39 is 0 Å². The second-order valence-corrected chi connectivity index (χ2v) is 6.97. The van der Waals surface area contributed by atoms with Gasteiger partial charge in [0.1, 0.15) is 0 Å². The number of benzene rings is 1. The molecule has 0 amide bonds. The van der Waals surface area contributed by atoms with Crippen LogP contribution in [0.15, 0.2) is 53.7 Å². The van der Waals surface area contributed by atoms with Crippen LogP contribution in [-0.4, -0.2) is 28.2 Å². The summed E-state index contributed by atoms with van der Waals surface area (Å²) in [5.74, 6) is 1.11. The van der Waals surface area contributed by atoms with Crippen molar-refractivity contribution in [1.82, 2.24) is 9.88 Å². The molecule has 2 nitrogen and oxygen atoms in total. The number of pyridine rings is 1. The fraction of sp³-hybridized carbons (Fsp3) is 0.353. The van der Waals surface area contributed by atoms with Crippen molar-refractivity contribution in [1.29, 1.82) is 0 Å². The van der Waals surface area contributed by atoms with Crippen LogP contribution in [0, 0.1) is 0 Å². The van der Waals surface area contributed by atoms with Crippen LogP contribution in [0.4, 0.5) is 0 Å². The van der Waals surface area contributed by atoms with E-state index in [1.165, 1.54) is 23.3 Å². The van der Waals surface area contributed by atoms with Crippen LogP contribution in [-0.2, 0) is 6.54 Å². The Morgan fingerprint density at radius 2 is 2.00 bits per heavy atom. The molecular formula is C17H19ClN2S.